The first-order valence-electron chi connectivity index (χ1n) is 8.60. The van der Waals surface area contributed by atoms with Crippen molar-refractivity contribution in [3.05, 3.63) is 71.4 Å². The molecule has 0 bridgehead atoms. The van der Waals surface area contributed by atoms with Gasteiger partial charge in [-0.3, -0.25) is 9.78 Å². The lowest BCUT2D eigenvalue weighted by atomic mass is 10.1. The average molecular weight is 381 g/mol. The molecule has 0 aliphatic carbocycles. The van der Waals surface area contributed by atoms with Gasteiger partial charge in [0.1, 0.15) is 0 Å². The Morgan fingerprint density at radius 1 is 1.11 bits per heavy atom. The summed E-state index contributed by atoms with van der Waals surface area (Å²) in [5, 5.41) is 3.66. The number of hydrogen-bond acceptors (Lipinski definition) is 6. The standard InChI is InChI=1S/C19H17ClN6O/c20-15-3-1-13(2-4-15)18(27)26-10-6-14(12-26)16-5-7-23-19(24-16)25-17-11-21-8-9-22-17/h1-5,7-9,11,14H,6,10,12H2,(H,22,23,24,25)/t14-/m1/s1. The third-order valence-electron chi connectivity index (χ3n) is 4.47. The summed E-state index contributed by atoms with van der Waals surface area (Å²) in [5.41, 5.74) is 1.55. The van der Waals surface area contributed by atoms with Gasteiger partial charge >= 0.3 is 0 Å². The van der Waals surface area contributed by atoms with Crippen LogP contribution in [0.1, 0.15) is 28.4 Å². The summed E-state index contributed by atoms with van der Waals surface area (Å²) in [5.74, 6) is 1.24. The molecule has 1 aliphatic rings. The molecular weight excluding hydrogens is 364 g/mol. The summed E-state index contributed by atoms with van der Waals surface area (Å²) in [6.45, 7) is 1.33. The topological polar surface area (TPSA) is 83.9 Å². The van der Waals surface area contributed by atoms with Gasteiger partial charge in [-0.2, -0.15) is 0 Å². The Hall–Kier alpha value is -3.06. The molecular formula is C19H17ClN6O. The van der Waals surface area contributed by atoms with Crippen molar-refractivity contribution in [1.29, 1.82) is 0 Å². The Kier molecular flexibility index (Phi) is 4.93. The Labute approximate surface area is 161 Å². The monoisotopic (exact) mass is 380 g/mol. The van der Waals surface area contributed by atoms with Gasteiger partial charge in [0.15, 0.2) is 5.82 Å². The van der Waals surface area contributed by atoms with E-state index >= 15 is 0 Å². The smallest absolute Gasteiger partial charge is 0.253 e. The van der Waals surface area contributed by atoms with Crippen molar-refractivity contribution >= 4 is 29.3 Å². The molecule has 2 aromatic heterocycles. The van der Waals surface area contributed by atoms with Crippen LogP contribution in [0.5, 0.6) is 0 Å². The number of carbonyl (C=O) groups is 1. The van der Waals surface area contributed by atoms with Crippen LogP contribution in [0.15, 0.2) is 55.1 Å². The van der Waals surface area contributed by atoms with Gasteiger partial charge in [0, 0.05) is 48.2 Å². The molecule has 27 heavy (non-hydrogen) atoms. The van der Waals surface area contributed by atoms with Crippen molar-refractivity contribution in [2.24, 2.45) is 0 Å². The van der Waals surface area contributed by atoms with Crippen LogP contribution in [0.2, 0.25) is 5.02 Å². The fourth-order valence-corrected chi connectivity index (χ4v) is 3.23. The molecule has 0 spiro atoms. The molecule has 8 heteroatoms. The maximum Gasteiger partial charge on any atom is 0.253 e. The molecule has 1 saturated heterocycles. The molecule has 3 aromatic rings. The van der Waals surface area contributed by atoms with E-state index in [0.29, 0.717) is 35.4 Å². The van der Waals surface area contributed by atoms with Gasteiger partial charge in [0.25, 0.3) is 5.91 Å². The highest BCUT2D eigenvalue weighted by atomic mass is 35.5. The fourth-order valence-electron chi connectivity index (χ4n) is 3.10. The quantitative estimate of drug-likeness (QED) is 0.747. The minimum absolute atomic E-state index is 0.0149. The highest BCUT2D eigenvalue weighted by Crippen LogP contribution is 2.27. The van der Waals surface area contributed by atoms with Gasteiger partial charge in [0.05, 0.1) is 11.9 Å². The normalized spacial score (nSPS) is 16.3. The highest BCUT2D eigenvalue weighted by molar-refractivity contribution is 6.30. The van der Waals surface area contributed by atoms with E-state index < -0.39 is 0 Å². The molecule has 136 valence electrons. The van der Waals surface area contributed by atoms with Crippen LogP contribution >= 0.6 is 11.6 Å². The van der Waals surface area contributed by atoms with Gasteiger partial charge in [-0.15, -0.1) is 0 Å². The number of nitrogens with zero attached hydrogens (tertiary/aromatic N) is 5. The molecule has 0 radical (unpaired) electrons. The zero-order valence-corrected chi connectivity index (χ0v) is 15.2. The molecule has 7 nitrogen and oxygen atoms in total. The number of benzene rings is 1. The highest BCUT2D eigenvalue weighted by Gasteiger charge is 2.29. The minimum atomic E-state index is 0.0149. The predicted molar refractivity (Wildman–Crippen MR) is 102 cm³/mol. The first-order valence-corrected chi connectivity index (χ1v) is 8.97. The number of amides is 1. The molecule has 1 amide bonds. The fraction of sp³-hybridized carbons (Fsp3) is 0.211. The Balaban J connectivity index is 1.45. The molecule has 1 aliphatic heterocycles. The minimum Gasteiger partial charge on any atom is -0.338 e. The summed E-state index contributed by atoms with van der Waals surface area (Å²) < 4.78 is 0. The number of carbonyl (C=O) groups excluding carboxylic acids is 1. The molecule has 1 atom stereocenters. The number of halogens is 1. The van der Waals surface area contributed by atoms with E-state index in [9.17, 15) is 4.79 Å². The number of aromatic nitrogens is 4. The van der Waals surface area contributed by atoms with E-state index in [-0.39, 0.29) is 11.8 Å². The number of likely N-dealkylation sites (tertiary alicyclic amines) is 1. The van der Waals surface area contributed by atoms with Gasteiger partial charge in [-0.1, -0.05) is 11.6 Å². The molecule has 4 rings (SSSR count). The SMILES string of the molecule is O=C(c1ccc(Cl)cc1)N1CC[C@@H](c2ccnc(Nc3cnccn3)n2)C1. The Morgan fingerprint density at radius 3 is 2.74 bits per heavy atom. The maximum atomic E-state index is 12.7. The number of anilines is 2. The lowest BCUT2D eigenvalue weighted by Gasteiger charge is -2.16. The van der Waals surface area contributed by atoms with Crippen LogP contribution in [0.25, 0.3) is 0 Å². The zero-order valence-electron chi connectivity index (χ0n) is 14.4. The summed E-state index contributed by atoms with van der Waals surface area (Å²) >= 11 is 5.90. The summed E-state index contributed by atoms with van der Waals surface area (Å²) in [4.78, 5) is 31.5. The summed E-state index contributed by atoms with van der Waals surface area (Å²) in [7, 11) is 0. The van der Waals surface area contributed by atoms with E-state index in [1.54, 1.807) is 49.1 Å². The third kappa shape index (κ3) is 4.03. The predicted octanol–water partition coefficient (Wildman–Crippen LogP) is 3.29. The van der Waals surface area contributed by atoms with Crippen LogP contribution in [0.3, 0.4) is 0 Å². The number of rotatable bonds is 4. The van der Waals surface area contributed by atoms with Gasteiger partial charge in [-0.05, 0) is 36.8 Å². The van der Waals surface area contributed by atoms with Crippen LogP contribution in [-0.4, -0.2) is 43.8 Å². The molecule has 0 unspecified atom stereocenters. The average Bonchev–Trinajstić information content (AvgIpc) is 3.19. The van der Waals surface area contributed by atoms with Crippen LogP contribution in [-0.2, 0) is 0 Å². The van der Waals surface area contributed by atoms with Crippen LogP contribution in [0, 0.1) is 0 Å². The largest absolute Gasteiger partial charge is 0.338 e. The molecule has 1 N–H and O–H groups in total. The van der Waals surface area contributed by atoms with Crippen molar-refractivity contribution in [2.75, 3.05) is 18.4 Å². The Bertz CT molecular complexity index is 934. The summed E-state index contributed by atoms with van der Waals surface area (Å²) in [6, 6.07) is 8.87. The van der Waals surface area contributed by atoms with Crippen molar-refractivity contribution < 1.29 is 4.79 Å². The molecule has 1 aromatic carbocycles. The van der Waals surface area contributed by atoms with E-state index in [0.717, 1.165) is 12.1 Å². The molecule has 0 saturated carbocycles. The van der Waals surface area contributed by atoms with Crippen molar-refractivity contribution in [3.63, 3.8) is 0 Å². The zero-order chi connectivity index (χ0) is 18.6. The number of hydrogen-bond donors (Lipinski definition) is 1. The van der Waals surface area contributed by atoms with Crippen LogP contribution in [0.4, 0.5) is 11.8 Å². The van der Waals surface area contributed by atoms with Crippen LogP contribution < -0.4 is 5.32 Å². The van der Waals surface area contributed by atoms with Gasteiger partial charge in [-0.25, -0.2) is 15.0 Å². The maximum absolute atomic E-state index is 12.7. The molecule has 1 fully saturated rings. The first kappa shape index (κ1) is 17.4. The first-order chi connectivity index (χ1) is 13.2. The molecule has 3 heterocycles. The lowest BCUT2D eigenvalue weighted by Crippen LogP contribution is -2.28. The Morgan fingerprint density at radius 2 is 1.96 bits per heavy atom. The van der Waals surface area contributed by atoms with Gasteiger partial charge in [0.2, 0.25) is 5.95 Å². The number of nitrogens with one attached hydrogen (secondary N) is 1. The second-order valence-corrected chi connectivity index (χ2v) is 6.70. The summed E-state index contributed by atoms with van der Waals surface area (Å²) in [6.07, 6.45) is 7.39. The van der Waals surface area contributed by atoms with E-state index in [4.69, 9.17) is 11.6 Å². The van der Waals surface area contributed by atoms with Gasteiger partial charge < -0.3 is 10.2 Å². The van der Waals surface area contributed by atoms with E-state index in [2.05, 4.69) is 25.3 Å². The van der Waals surface area contributed by atoms with E-state index in [1.807, 2.05) is 11.0 Å². The van der Waals surface area contributed by atoms with Crippen molar-refractivity contribution in [1.82, 2.24) is 24.8 Å². The third-order valence-corrected chi connectivity index (χ3v) is 4.72. The second kappa shape index (κ2) is 7.67. The van der Waals surface area contributed by atoms with Crippen molar-refractivity contribution in [3.8, 4) is 0 Å². The second-order valence-electron chi connectivity index (χ2n) is 6.26. The lowest BCUT2D eigenvalue weighted by molar-refractivity contribution is 0.0790. The van der Waals surface area contributed by atoms with Crippen molar-refractivity contribution in [2.45, 2.75) is 12.3 Å². The van der Waals surface area contributed by atoms with E-state index in [1.165, 1.54) is 0 Å².